The molecule has 1 heterocycles. The highest BCUT2D eigenvalue weighted by molar-refractivity contribution is 14.0. The minimum Gasteiger partial charge on any atom is -0.370 e. The molecule has 0 unspecified atom stereocenters. The number of para-hydroxylation sites is 2. The van der Waals surface area contributed by atoms with E-state index in [4.69, 9.17) is 5.73 Å². The molecule has 0 aliphatic heterocycles. The van der Waals surface area contributed by atoms with Gasteiger partial charge in [0.2, 0.25) is 0 Å². The summed E-state index contributed by atoms with van der Waals surface area (Å²) in [6.45, 7) is 6.61. The molecule has 6 heteroatoms. The van der Waals surface area contributed by atoms with Crippen molar-refractivity contribution < 1.29 is 0 Å². The molecule has 0 radical (unpaired) electrons. The lowest BCUT2D eigenvalue weighted by atomic mass is 10.1. The van der Waals surface area contributed by atoms with Crippen LogP contribution in [-0.2, 0) is 13.6 Å². The first-order valence-corrected chi connectivity index (χ1v) is 6.35. The van der Waals surface area contributed by atoms with E-state index in [0.717, 1.165) is 16.9 Å². The molecule has 110 valence electrons. The number of hydrogen-bond acceptors (Lipinski definition) is 2. The van der Waals surface area contributed by atoms with E-state index in [1.807, 2.05) is 56.7 Å². The fourth-order valence-corrected chi connectivity index (χ4v) is 1.92. The molecule has 0 fully saturated rings. The maximum Gasteiger partial charge on any atom is 0.189 e. The Morgan fingerprint density at radius 2 is 2.00 bits per heavy atom. The molecule has 0 amide bonds. The van der Waals surface area contributed by atoms with E-state index in [2.05, 4.69) is 15.3 Å². The van der Waals surface area contributed by atoms with Gasteiger partial charge in [0, 0.05) is 12.6 Å². The molecular formula is C14H22IN5. The Morgan fingerprint density at radius 1 is 1.35 bits per heavy atom. The number of hydrogen-bond donors (Lipinski definition) is 2. The summed E-state index contributed by atoms with van der Waals surface area (Å²) in [7, 11) is 1.99. The summed E-state index contributed by atoms with van der Waals surface area (Å²) in [5.41, 5.74) is 7.86. The fourth-order valence-electron chi connectivity index (χ4n) is 1.92. The minimum absolute atomic E-state index is 0. The number of aromatic nitrogens is 2. The molecule has 2 rings (SSSR count). The van der Waals surface area contributed by atoms with Crippen molar-refractivity contribution in [3.05, 3.63) is 30.1 Å². The largest absolute Gasteiger partial charge is 0.370 e. The predicted molar refractivity (Wildman–Crippen MR) is 94.3 cm³/mol. The van der Waals surface area contributed by atoms with E-state index in [1.54, 1.807) is 0 Å². The number of guanidine groups is 1. The van der Waals surface area contributed by atoms with Crippen LogP contribution in [0.2, 0.25) is 0 Å². The van der Waals surface area contributed by atoms with Crippen LogP contribution < -0.4 is 11.1 Å². The van der Waals surface area contributed by atoms with Gasteiger partial charge in [-0.2, -0.15) is 0 Å². The first-order chi connectivity index (χ1) is 8.87. The molecule has 0 spiro atoms. The van der Waals surface area contributed by atoms with Crippen molar-refractivity contribution in [2.24, 2.45) is 17.8 Å². The second-order valence-electron chi connectivity index (χ2n) is 5.65. The van der Waals surface area contributed by atoms with Gasteiger partial charge in [0.05, 0.1) is 11.0 Å². The van der Waals surface area contributed by atoms with Crippen molar-refractivity contribution >= 4 is 41.0 Å². The molecule has 0 aliphatic rings. The number of halogens is 1. The lowest BCUT2D eigenvalue weighted by Crippen LogP contribution is -2.45. The van der Waals surface area contributed by atoms with Crippen LogP contribution in [-0.4, -0.2) is 21.0 Å². The van der Waals surface area contributed by atoms with Crippen LogP contribution in [0.3, 0.4) is 0 Å². The fraction of sp³-hybridized carbons (Fsp3) is 0.429. The average Bonchev–Trinajstić information content (AvgIpc) is 2.62. The van der Waals surface area contributed by atoms with Crippen LogP contribution in [0, 0.1) is 0 Å². The van der Waals surface area contributed by atoms with E-state index in [9.17, 15) is 0 Å². The van der Waals surface area contributed by atoms with Gasteiger partial charge < -0.3 is 15.6 Å². The number of nitrogens with one attached hydrogen (secondary N) is 1. The summed E-state index contributed by atoms with van der Waals surface area (Å²) in [5.74, 6) is 1.35. The zero-order valence-electron chi connectivity index (χ0n) is 12.3. The van der Waals surface area contributed by atoms with Crippen molar-refractivity contribution in [3.8, 4) is 0 Å². The van der Waals surface area contributed by atoms with Crippen LogP contribution >= 0.6 is 24.0 Å². The second-order valence-corrected chi connectivity index (χ2v) is 5.65. The van der Waals surface area contributed by atoms with Gasteiger partial charge in [-0.05, 0) is 32.9 Å². The number of imidazole rings is 1. The van der Waals surface area contributed by atoms with Crippen LogP contribution in [0.25, 0.3) is 11.0 Å². The van der Waals surface area contributed by atoms with Gasteiger partial charge in [0.15, 0.2) is 5.96 Å². The molecule has 1 aromatic heterocycles. The molecule has 0 saturated heterocycles. The standard InChI is InChI=1S/C14H21N5.HI/c1-14(2,3)18-13(15)16-9-12-17-10-7-5-6-8-11(10)19(12)4;/h5-8H,9H2,1-4H3,(H3,15,16,18);1H. The maximum atomic E-state index is 5.85. The van der Waals surface area contributed by atoms with Crippen LogP contribution in [0.1, 0.15) is 26.6 Å². The third-order valence-corrected chi connectivity index (χ3v) is 2.77. The topological polar surface area (TPSA) is 68.2 Å². The van der Waals surface area contributed by atoms with Crippen molar-refractivity contribution in [2.75, 3.05) is 0 Å². The summed E-state index contributed by atoms with van der Waals surface area (Å²) < 4.78 is 2.04. The first-order valence-electron chi connectivity index (χ1n) is 6.35. The van der Waals surface area contributed by atoms with Crippen LogP contribution in [0.15, 0.2) is 29.3 Å². The van der Waals surface area contributed by atoms with Crippen LogP contribution in [0.5, 0.6) is 0 Å². The second kappa shape index (κ2) is 6.43. The molecule has 0 aliphatic carbocycles. The number of aliphatic imine (C=N–C) groups is 1. The lowest BCUT2D eigenvalue weighted by Gasteiger charge is -2.20. The summed E-state index contributed by atoms with van der Waals surface area (Å²) in [5, 5.41) is 3.13. The number of fused-ring (bicyclic) bond motifs is 1. The highest BCUT2D eigenvalue weighted by Crippen LogP contribution is 2.14. The third-order valence-electron chi connectivity index (χ3n) is 2.77. The van der Waals surface area contributed by atoms with Crippen molar-refractivity contribution in [2.45, 2.75) is 32.9 Å². The van der Waals surface area contributed by atoms with E-state index >= 15 is 0 Å². The number of benzene rings is 1. The molecular weight excluding hydrogens is 365 g/mol. The number of aryl methyl sites for hydroxylation is 1. The molecule has 2 aromatic rings. The number of rotatable bonds is 2. The summed E-state index contributed by atoms with van der Waals surface area (Å²) in [6.07, 6.45) is 0. The van der Waals surface area contributed by atoms with E-state index in [0.29, 0.717) is 12.5 Å². The quantitative estimate of drug-likeness (QED) is 0.473. The Labute approximate surface area is 136 Å². The van der Waals surface area contributed by atoms with E-state index in [1.165, 1.54) is 0 Å². The van der Waals surface area contributed by atoms with Crippen molar-refractivity contribution in [3.63, 3.8) is 0 Å². The Balaban J connectivity index is 0.00000200. The molecule has 20 heavy (non-hydrogen) atoms. The number of nitrogens with zero attached hydrogens (tertiary/aromatic N) is 3. The van der Waals surface area contributed by atoms with Gasteiger partial charge >= 0.3 is 0 Å². The molecule has 0 saturated carbocycles. The molecule has 0 atom stereocenters. The van der Waals surface area contributed by atoms with Crippen molar-refractivity contribution in [1.29, 1.82) is 0 Å². The summed E-state index contributed by atoms with van der Waals surface area (Å²) in [6, 6.07) is 8.04. The first kappa shape index (κ1) is 16.7. The minimum atomic E-state index is -0.0834. The third kappa shape index (κ3) is 4.09. The lowest BCUT2D eigenvalue weighted by molar-refractivity contribution is 0.508. The van der Waals surface area contributed by atoms with Gasteiger partial charge in [-0.1, -0.05) is 12.1 Å². The van der Waals surface area contributed by atoms with E-state index in [-0.39, 0.29) is 29.5 Å². The van der Waals surface area contributed by atoms with Gasteiger partial charge in [0.25, 0.3) is 0 Å². The Bertz CT molecular complexity index is 610. The Morgan fingerprint density at radius 3 is 2.60 bits per heavy atom. The Hall–Kier alpha value is -1.31. The smallest absolute Gasteiger partial charge is 0.189 e. The zero-order valence-corrected chi connectivity index (χ0v) is 14.7. The summed E-state index contributed by atoms with van der Waals surface area (Å²) in [4.78, 5) is 8.89. The van der Waals surface area contributed by atoms with Gasteiger partial charge in [-0.15, -0.1) is 24.0 Å². The highest BCUT2D eigenvalue weighted by atomic mass is 127. The highest BCUT2D eigenvalue weighted by Gasteiger charge is 2.10. The van der Waals surface area contributed by atoms with Gasteiger partial charge in [-0.25, -0.2) is 9.98 Å². The molecule has 1 aromatic carbocycles. The predicted octanol–water partition coefficient (Wildman–Crippen LogP) is 2.39. The van der Waals surface area contributed by atoms with Crippen LogP contribution in [0.4, 0.5) is 0 Å². The SMILES string of the molecule is Cn1c(CN=C(N)NC(C)(C)C)nc2ccccc21.I. The zero-order chi connectivity index (χ0) is 14.0. The monoisotopic (exact) mass is 387 g/mol. The molecule has 0 bridgehead atoms. The van der Waals surface area contributed by atoms with Gasteiger partial charge in [-0.3, -0.25) is 0 Å². The van der Waals surface area contributed by atoms with Gasteiger partial charge in [0.1, 0.15) is 12.4 Å². The normalized spacial score (nSPS) is 12.3. The summed E-state index contributed by atoms with van der Waals surface area (Å²) >= 11 is 0. The van der Waals surface area contributed by atoms with Crippen molar-refractivity contribution in [1.82, 2.24) is 14.9 Å². The Kier molecular flexibility index (Phi) is 5.38. The molecule has 5 nitrogen and oxygen atoms in total. The van der Waals surface area contributed by atoms with E-state index < -0.39 is 0 Å². The average molecular weight is 387 g/mol. The molecule has 3 N–H and O–H groups in total. The number of nitrogens with two attached hydrogens (primary N) is 1. The maximum absolute atomic E-state index is 5.85.